The molecule has 0 aromatic heterocycles. The molecule has 0 heterocycles. The largest absolute Gasteiger partial charge is 0.466 e. The van der Waals surface area contributed by atoms with Crippen LogP contribution in [0.1, 0.15) is 24.8 Å². The molecule has 0 amide bonds. The molecule has 5 nitrogen and oxygen atoms in total. The number of alkyl halides is 3. The second kappa shape index (κ2) is 12.3. The molecule has 0 fully saturated rings. The van der Waals surface area contributed by atoms with E-state index >= 15 is 8.78 Å². The zero-order valence-corrected chi connectivity index (χ0v) is 22.8. The van der Waals surface area contributed by atoms with Crippen molar-refractivity contribution >= 4 is 42.3 Å². The Hall–Kier alpha value is -2.27. The molecule has 0 bridgehead atoms. The van der Waals surface area contributed by atoms with Crippen LogP contribution in [-0.2, 0) is 23.3 Å². The fourth-order valence-electron chi connectivity index (χ4n) is 3.51. The molecule has 0 aliphatic rings. The second-order valence-corrected chi connectivity index (χ2v) is 13.1. The van der Waals surface area contributed by atoms with Gasteiger partial charge in [-0.2, -0.15) is 17.2 Å². The van der Waals surface area contributed by atoms with Gasteiger partial charge in [-0.1, -0.05) is 70.5 Å². The van der Waals surface area contributed by atoms with E-state index in [-0.39, 0.29) is 6.61 Å². The van der Waals surface area contributed by atoms with Gasteiger partial charge in [-0.05, 0) is 72.4 Å². The van der Waals surface area contributed by atoms with E-state index in [0.29, 0.717) is 33.1 Å². The lowest BCUT2D eigenvalue weighted by atomic mass is 10.2. The highest BCUT2D eigenvalue weighted by Gasteiger charge is 2.59. The topological polar surface area (TPSA) is 69.7 Å². The number of rotatable bonds is 12. The van der Waals surface area contributed by atoms with Gasteiger partial charge >= 0.3 is 21.3 Å². The number of aryl methyl sites for hydroxylation is 1. The van der Waals surface area contributed by atoms with Crippen molar-refractivity contribution in [3.8, 4) is 0 Å². The van der Waals surface area contributed by atoms with E-state index < -0.39 is 31.7 Å². The Morgan fingerprint density at radius 1 is 0.833 bits per heavy atom. The minimum absolute atomic E-state index is 0.315. The minimum atomic E-state index is -5.80. The molecule has 0 saturated heterocycles. The fourth-order valence-corrected chi connectivity index (χ4v) is 9.16. The van der Waals surface area contributed by atoms with Crippen LogP contribution in [0.15, 0.2) is 99.6 Å². The molecule has 0 spiro atoms. The van der Waals surface area contributed by atoms with Gasteiger partial charge in [0.1, 0.15) is 0 Å². The van der Waals surface area contributed by atoms with Crippen LogP contribution in [0.25, 0.3) is 0 Å². The maximum atomic E-state index is 15.2. The predicted molar refractivity (Wildman–Crippen MR) is 140 cm³/mol. The summed E-state index contributed by atoms with van der Waals surface area (Å²) in [4.78, 5) is 13.5. The molecule has 3 aromatic rings. The predicted octanol–water partition coefficient (Wildman–Crippen LogP) is 7.24. The molecular weight excluding hydrogens is 574 g/mol. The Morgan fingerprint density at radius 3 is 1.89 bits per heavy atom. The monoisotopic (exact) mass is 600 g/mol. The van der Waals surface area contributed by atoms with Crippen LogP contribution in [0.3, 0.4) is 0 Å². The molecule has 194 valence electrons. The number of unbranched alkanes of at least 4 members (excludes halogenated alkanes) is 2. The molecule has 36 heavy (non-hydrogen) atoms. The van der Waals surface area contributed by atoms with E-state index in [1.807, 2.05) is 0 Å². The minimum Gasteiger partial charge on any atom is -0.460 e. The van der Waals surface area contributed by atoms with Crippen LogP contribution < -0.4 is 0 Å². The van der Waals surface area contributed by atoms with Gasteiger partial charge in [-0.25, -0.2) is 8.42 Å². The average Bonchev–Trinajstić information content (AvgIpc) is 2.88. The summed E-state index contributed by atoms with van der Waals surface area (Å²) in [5.41, 5.74) is 0.646. The molecule has 0 radical (unpaired) electrons. The summed E-state index contributed by atoms with van der Waals surface area (Å²) in [6.07, 6.45) is 1.74. The molecule has 0 N–H and O–H groups in total. The van der Waals surface area contributed by atoms with Crippen molar-refractivity contribution in [2.24, 2.45) is 0 Å². The summed E-state index contributed by atoms with van der Waals surface area (Å²) in [6, 6.07) is 23.5. The van der Waals surface area contributed by atoms with E-state index in [0.717, 1.165) is 11.8 Å². The summed E-state index contributed by atoms with van der Waals surface area (Å²) >= 11 is 3.26. The number of hydrogen-bond donors (Lipinski definition) is 0. The molecule has 0 unspecified atom stereocenters. The Balaban J connectivity index is 2.12. The lowest BCUT2D eigenvalue weighted by Crippen LogP contribution is -2.41. The molecule has 3 aromatic carbocycles. The summed E-state index contributed by atoms with van der Waals surface area (Å²) in [7, 11) is -9.05. The van der Waals surface area contributed by atoms with E-state index in [9.17, 15) is 13.2 Å². The third-order valence-electron chi connectivity index (χ3n) is 5.31. The first-order valence-corrected chi connectivity index (χ1v) is 15.3. The Kier molecular flexibility index (Phi) is 9.68. The van der Waals surface area contributed by atoms with Crippen molar-refractivity contribution in [2.75, 3.05) is 11.9 Å². The fraction of sp³-hybridized carbons (Fsp3) is 0.269. The van der Waals surface area contributed by atoms with E-state index in [4.69, 9.17) is 3.63 Å². The van der Waals surface area contributed by atoms with Crippen LogP contribution in [0, 0.1) is 6.92 Å². The van der Waals surface area contributed by atoms with Crippen LogP contribution in [0.2, 0.25) is 0 Å². The van der Waals surface area contributed by atoms with Gasteiger partial charge in [0.05, 0.1) is 6.61 Å². The van der Waals surface area contributed by atoms with Crippen molar-refractivity contribution in [1.82, 2.24) is 0 Å². The number of ether oxygens (including phenoxy) is 1. The Labute approximate surface area is 220 Å². The highest BCUT2D eigenvalue weighted by Crippen LogP contribution is 2.71. The van der Waals surface area contributed by atoms with E-state index in [1.54, 1.807) is 91.9 Å². The Morgan fingerprint density at radius 2 is 1.36 bits per heavy atom. The van der Waals surface area contributed by atoms with Crippen LogP contribution in [-0.4, -0.2) is 31.6 Å². The van der Waals surface area contributed by atoms with E-state index in [2.05, 4.69) is 20.7 Å². The zero-order valence-electron chi connectivity index (χ0n) is 19.6. The van der Waals surface area contributed by atoms with Gasteiger partial charge in [0, 0.05) is 20.0 Å². The lowest BCUT2D eigenvalue weighted by Gasteiger charge is -2.40. The third kappa shape index (κ3) is 5.99. The van der Waals surface area contributed by atoms with Crippen LogP contribution in [0.4, 0.5) is 8.78 Å². The number of carbonyl (C=O) groups is 1. The SMILES string of the molecule is Cc1ccccc1S(OS(=O)(=O)C(F)(F)C(=O)OCCCCCBr)(c1ccccc1)c1ccccc1. The van der Waals surface area contributed by atoms with Gasteiger partial charge in [-0.15, -0.1) is 0 Å². The van der Waals surface area contributed by atoms with Gasteiger partial charge in [0.15, 0.2) is 0 Å². The summed E-state index contributed by atoms with van der Waals surface area (Å²) in [5, 5.41) is -4.19. The van der Waals surface area contributed by atoms with Crippen molar-refractivity contribution in [2.45, 2.75) is 46.1 Å². The molecule has 0 saturated carbocycles. The van der Waals surface area contributed by atoms with Crippen molar-refractivity contribution in [1.29, 1.82) is 0 Å². The third-order valence-corrected chi connectivity index (χ3v) is 11.1. The number of hydrogen-bond acceptors (Lipinski definition) is 5. The maximum Gasteiger partial charge on any atom is 0.466 e. The zero-order chi connectivity index (χ0) is 26.2. The molecule has 0 atom stereocenters. The van der Waals surface area contributed by atoms with Crippen LogP contribution in [0.5, 0.6) is 0 Å². The highest BCUT2D eigenvalue weighted by atomic mass is 79.9. The molecule has 3 rings (SSSR count). The smallest absolute Gasteiger partial charge is 0.460 e. The number of halogens is 3. The summed E-state index contributed by atoms with van der Waals surface area (Å²) in [6.45, 7) is 1.43. The standard InChI is InChI=1S/C26H27BrF2O5S2/c1-21-13-9-10-18-24(21)35(22-14-5-2-6-15-22,23-16-7-3-8-17-23)34-36(31,32)26(28,29)25(30)33-20-12-4-11-19-27/h2-3,5-10,13-18H,4,11-12,19-20H2,1H3. The highest BCUT2D eigenvalue weighted by molar-refractivity contribution is 9.09. The van der Waals surface area contributed by atoms with Crippen molar-refractivity contribution in [3.05, 3.63) is 90.5 Å². The van der Waals surface area contributed by atoms with Crippen LogP contribution >= 0.6 is 26.2 Å². The average molecular weight is 602 g/mol. The van der Waals surface area contributed by atoms with E-state index in [1.165, 1.54) is 0 Å². The van der Waals surface area contributed by atoms with Gasteiger partial charge in [-0.3, -0.25) is 0 Å². The quantitative estimate of drug-likeness (QED) is 0.124. The van der Waals surface area contributed by atoms with Gasteiger partial charge in [0.2, 0.25) is 0 Å². The number of esters is 1. The first kappa shape index (κ1) is 28.3. The number of carbonyl (C=O) groups excluding carboxylic acids is 1. The van der Waals surface area contributed by atoms with Crippen molar-refractivity contribution < 1.29 is 30.4 Å². The summed E-state index contributed by atoms with van der Waals surface area (Å²) in [5.74, 6) is -2.15. The van der Waals surface area contributed by atoms with Gasteiger partial charge < -0.3 is 4.74 Å². The molecule has 0 aliphatic heterocycles. The molecule has 10 heteroatoms. The van der Waals surface area contributed by atoms with Crippen molar-refractivity contribution in [3.63, 3.8) is 0 Å². The number of benzene rings is 3. The van der Waals surface area contributed by atoms with Gasteiger partial charge in [0.25, 0.3) is 0 Å². The molecular formula is C26H27BrF2O5S2. The normalized spacial score (nSPS) is 12.8. The molecule has 0 aliphatic carbocycles. The summed E-state index contributed by atoms with van der Waals surface area (Å²) < 4.78 is 67.0. The first-order valence-electron chi connectivity index (χ1n) is 11.2. The Bertz CT molecular complexity index is 1220. The lowest BCUT2D eigenvalue weighted by molar-refractivity contribution is -0.161. The first-order chi connectivity index (χ1) is 17.2. The maximum absolute atomic E-state index is 15.2. The second-order valence-electron chi connectivity index (χ2n) is 7.87.